The molecular weight excluding hydrogens is 166 g/mol. The molecule has 1 aromatic heterocycles. The molecule has 5 heteroatoms. The largest absolute Gasteiger partial charge is 0.768 e. The van der Waals surface area contributed by atoms with E-state index in [9.17, 15) is 8.76 Å². The summed E-state index contributed by atoms with van der Waals surface area (Å²) in [5, 5.41) is 0. The number of pyridine rings is 1. The van der Waals surface area contributed by atoms with Crippen LogP contribution in [0.15, 0.2) is 23.2 Å². The third kappa shape index (κ3) is 1.75. The van der Waals surface area contributed by atoms with Gasteiger partial charge in [0.15, 0.2) is 0 Å². The molecule has 0 aliphatic heterocycles. The van der Waals surface area contributed by atoms with Crippen molar-refractivity contribution in [3.63, 3.8) is 0 Å². The van der Waals surface area contributed by atoms with Crippen LogP contribution < -0.4 is 4.74 Å². The van der Waals surface area contributed by atoms with Crippen LogP contribution in [0.4, 0.5) is 0 Å². The van der Waals surface area contributed by atoms with Gasteiger partial charge in [0.05, 0.1) is 12.0 Å². The first-order valence-corrected chi connectivity index (χ1v) is 3.91. The van der Waals surface area contributed by atoms with E-state index in [4.69, 9.17) is 4.74 Å². The minimum absolute atomic E-state index is 0.0787. The first kappa shape index (κ1) is 8.16. The van der Waals surface area contributed by atoms with Gasteiger partial charge in [0.25, 0.3) is 0 Å². The molecule has 0 aromatic carbocycles. The Balaban J connectivity index is 3.12. The lowest BCUT2D eigenvalue weighted by atomic mass is 10.5. The summed E-state index contributed by atoms with van der Waals surface area (Å²) in [6, 6.07) is 2.96. The first-order valence-electron chi connectivity index (χ1n) is 2.84. The van der Waals surface area contributed by atoms with Crippen molar-refractivity contribution >= 4 is 11.1 Å². The van der Waals surface area contributed by atoms with Crippen LogP contribution in [0.5, 0.6) is 5.88 Å². The Morgan fingerprint density at radius 1 is 1.73 bits per heavy atom. The van der Waals surface area contributed by atoms with Gasteiger partial charge in [-0.2, -0.15) is 0 Å². The lowest BCUT2D eigenvalue weighted by Gasteiger charge is -2.07. The fraction of sp³-hybridized carbons (Fsp3) is 0.167. The number of rotatable bonds is 2. The SMILES string of the molecule is COc1ncccc1S(=O)[O-]. The highest BCUT2D eigenvalue weighted by molar-refractivity contribution is 7.79. The van der Waals surface area contributed by atoms with Gasteiger partial charge >= 0.3 is 0 Å². The van der Waals surface area contributed by atoms with E-state index in [1.54, 1.807) is 0 Å². The van der Waals surface area contributed by atoms with Gasteiger partial charge in [-0.15, -0.1) is 0 Å². The smallest absolute Gasteiger partial charge is 0.228 e. The van der Waals surface area contributed by atoms with Crippen molar-refractivity contribution in [2.75, 3.05) is 7.11 Å². The van der Waals surface area contributed by atoms with Gasteiger partial charge in [-0.05, 0) is 23.2 Å². The van der Waals surface area contributed by atoms with E-state index in [-0.39, 0.29) is 10.8 Å². The zero-order valence-corrected chi connectivity index (χ0v) is 6.63. The van der Waals surface area contributed by atoms with E-state index in [0.29, 0.717) is 0 Å². The molecule has 0 aliphatic rings. The highest BCUT2D eigenvalue weighted by atomic mass is 32.2. The molecule has 1 rings (SSSR count). The summed E-state index contributed by atoms with van der Waals surface area (Å²) in [6.07, 6.45) is 1.47. The van der Waals surface area contributed by atoms with Crippen molar-refractivity contribution in [2.24, 2.45) is 0 Å². The topological polar surface area (TPSA) is 62.2 Å². The molecule has 0 radical (unpaired) electrons. The van der Waals surface area contributed by atoms with Crippen molar-refractivity contribution in [1.29, 1.82) is 0 Å². The van der Waals surface area contributed by atoms with Crippen molar-refractivity contribution in [3.05, 3.63) is 18.3 Å². The molecule has 0 saturated carbocycles. The maximum Gasteiger partial charge on any atom is 0.228 e. The van der Waals surface area contributed by atoms with Gasteiger partial charge in [0, 0.05) is 6.20 Å². The maximum atomic E-state index is 10.5. The van der Waals surface area contributed by atoms with E-state index < -0.39 is 11.1 Å². The monoisotopic (exact) mass is 172 g/mol. The second-order valence-corrected chi connectivity index (χ2v) is 2.65. The molecule has 11 heavy (non-hydrogen) atoms. The Morgan fingerprint density at radius 2 is 2.45 bits per heavy atom. The van der Waals surface area contributed by atoms with Gasteiger partial charge in [-0.1, -0.05) is 0 Å². The lowest BCUT2D eigenvalue weighted by molar-refractivity contribution is 0.384. The second kappa shape index (κ2) is 3.45. The summed E-state index contributed by atoms with van der Waals surface area (Å²) >= 11 is -2.28. The molecule has 0 spiro atoms. The number of ether oxygens (including phenoxy) is 1. The third-order valence-corrected chi connectivity index (χ3v) is 1.78. The normalized spacial score (nSPS) is 12.5. The van der Waals surface area contributed by atoms with E-state index >= 15 is 0 Å². The molecule has 0 bridgehead atoms. The summed E-state index contributed by atoms with van der Waals surface area (Å²) in [4.78, 5) is 3.78. The zero-order chi connectivity index (χ0) is 8.27. The minimum atomic E-state index is -2.28. The summed E-state index contributed by atoms with van der Waals surface area (Å²) in [6.45, 7) is 0. The van der Waals surface area contributed by atoms with Crippen LogP contribution in [-0.2, 0) is 11.1 Å². The fourth-order valence-electron chi connectivity index (χ4n) is 0.656. The lowest BCUT2D eigenvalue weighted by Crippen LogP contribution is -1.96. The first-order chi connectivity index (χ1) is 5.25. The molecule has 0 saturated heterocycles. The van der Waals surface area contributed by atoms with E-state index in [0.717, 1.165) is 0 Å². The Hall–Kier alpha value is -0.940. The molecule has 0 N–H and O–H groups in total. The molecule has 0 aliphatic carbocycles. The Bertz CT molecular complexity index is 276. The average Bonchev–Trinajstić information content (AvgIpc) is 2.04. The Kier molecular flexibility index (Phi) is 2.56. The molecule has 0 amide bonds. The number of nitrogens with zero attached hydrogens (tertiary/aromatic N) is 1. The average molecular weight is 172 g/mol. The fourth-order valence-corrected chi connectivity index (χ4v) is 1.12. The summed E-state index contributed by atoms with van der Waals surface area (Å²) in [5.41, 5.74) is 0. The van der Waals surface area contributed by atoms with Crippen LogP contribution in [-0.4, -0.2) is 20.9 Å². The van der Waals surface area contributed by atoms with Crippen molar-refractivity contribution in [3.8, 4) is 5.88 Å². The standard InChI is InChI=1S/C6H7NO3S/c1-10-6-5(11(8)9)3-2-4-7-6/h2-4H,1H3,(H,8,9)/p-1. The van der Waals surface area contributed by atoms with E-state index in [2.05, 4.69) is 4.98 Å². The van der Waals surface area contributed by atoms with E-state index in [1.807, 2.05) is 0 Å². The van der Waals surface area contributed by atoms with Crippen LogP contribution in [0.3, 0.4) is 0 Å². The van der Waals surface area contributed by atoms with Crippen LogP contribution in [0.25, 0.3) is 0 Å². The molecule has 4 nitrogen and oxygen atoms in total. The highest BCUT2D eigenvalue weighted by Gasteiger charge is 2.01. The van der Waals surface area contributed by atoms with Gasteiger partial charge in [0.2, 0.25) is 5.88 Å². The van der Waals surface area contributed by atoms with E-state index in [1.165, 1.54) is 25.4 Å². The molecule has 1 aromatic rings. The van der Waals surface area contributed by atoms with Gasteiger partial charge < -0.3 is 9.29 Å². The molecule has 1 unspecified atom stereocenters. The summed E-state index contributed by atoms with van der Waals surface area (Å²) in [7, 11) is 1.37. The van der Waals surface area contributed by atoms with Crippen molar-refractivity contribution in [2.45, 2.75) is 4.90 Å². The summed E-state index contributed by atoms with van der Waals surface area (Å²) in [5.74, 6) is 0.126. The molecule has 1 atom stereocenters. The minimum Gasteiger partial charge on any atom is -0.768 e. The molecule has 0 fully saturated rings. The molecule has 60 valence electrons. The van der Waals surface area contributed by atoms with Crippen LogP contribution in [0.1, 0.15) is 0 Å². The quantitative estimate of drug-likeness (QED) is 0.603. The van der Waals surface area contributed by atoms with Crippen LogP contribution in [0, 0.1) is 0 Å². The van der Waals surface area contributed by atoms with Crippen molar-refractivity contribution < 1.29 is 13.5 Å². The Labute approximate surface area is 66.5 Å². The number of hydrogen-bond donors (Lipinski definition) is 0. The highest BCUT2D eigenvalue weighted by Crippen LogP contribution is 2.15. The molecular formula is C6H6NO3S-. The van der Waals surface area contributed by atoms with Crippen LogP contribution >= 0.6 is 0 Å². The van der Waals surface area contributed by atoms with Crippen molar-refractivity contribution in [1.82, 2.24) is 4.98 Å². The van der Waals surface area contributed by atoms with Gasteiger partial charge in [-0.3, -0.25) is 4.21 Å². The number of aromatic nitrogens is 1. The number of hydrogen-bond acceptors (Lipinski definition) is 4. The zero-order valence-electron chi connectivity index (χ0n) is 5.81. The third-order valence-electron chi connectivity index (χ3n) is 1.11. The summed E-state index contributed by atoms with van der Waals surface area (Å²) < 4.78 is 25.6. The van der Waals surface area contributed by atoms with Gasteiger partial charge in [-0.25, -0.2) is 4.98 Å². The number of methoxy groups -OCH3 is 1. The van der Waals surface area contributed by atoms with Crippen LogP contribution in [0.2, 0.25) is 0 Å². The molecule has 1 heterocycles. The second-order valence-electron chi connectivity index (χ2n) is 1.75. The maximum absolute atomic E-state index is 10.5. The Morgan fingerprint density at radius 3 is 2.91 bits per heavy atom. The predicted molar refractivity (Wildman–Crippen MR) is 38.0 cm³/mol. The van der Waals surface area contributed by atoms with Gasteiger partial charge in [0.1, 0.15) is 0 Å². The predicted octanol–water partition coefficient (Wildman–Crippen LogP) is 0.328.